The first kappa shape index (κ1) is 11.1. The van der Waals surface area contributed by atoms with Gasteiger partial charge < -0.3 is 13.9 Å². The topological polar surface area (TPSA) is 27.7 Å². The number of hydrogen-bond donors (Lipinski definition) is 0. The molecule has 0 spiro atoms. The molecular weight excluding hydrogens is 160 g/mol. The Morgan fingerprint density at radius 2 is 1.73 bits per heavy atom. The highest BCUT2D eigenvalue weighted by Crippen LogP contribution is 1.89. The third-order valence-corrected chi connectivity index (χ3v) is 1.73. The fraction of sp³-hybridized carbons (Fsp3) is 1.00. The van der Waals surface area contributed by atoms with Gasteiger partial charge in [-0.15, -0.1) is 0 Å². The lowest BCUT2D eigenvalue weighted by Gasteiger charge is -2.02. The molecule has 0 rings (SSSR count). The summed E-state index contributed by atoms with van der Waals surface area (Å²) in [5.74, 6) is 0. The minimum Gasteiger partial charge on any atom is -0.428 e. The van der Waals surface area contributed by atoms with Gasteiger partial charge in [-0.25, -0.2) is 0 Å². The second kappa shape index (κ2) is 10.1. The molecule has 0 aliphatic carbocycles. The van der Waals surface area contributed by atoms with E-state index in [1.807, 2.05) is 0 Å². The lowest BCUT2D eigenvalue weighted by Crippen LogP contribution is -2.03. The van der Waals surface area contributed by atoms with Gasteiger partial charge in [0.2, 0.25) is 0 Å². The molecule has 0 unspecified atom stereocenters. The number of ether oxygens (including phenoxy) is 2. The Balaban J connectivity index is 2.69. The molecule has 11 heavy (non-hydrogen) atoms. The van der Waals surface area contributed by atoms with Crippen molar-refractivity contribution in [2.45, 2.75) is 12.8 Å². The molecule has 0 aromatic carbocycles. The molecule has 68 valence electrons. The number of hydrogen-bond acceptors (Lipinski definition) is 3. The highest BCUT2D eigenvalue weighted by Gasteiger charge is 1.88. The first-order valence-corrected chi connectivity index (χ1v) is 4.79. The van der Waals surface area contributed by atoms with Gasteiger partial charge in [0, 0.05) is 20.3 Å². The molecule has 0 heterocycles. The van der Waals surface area contributed by atoms with E-state index < -0.39 is 0 Å². The highest BCUT2D eigenvalue weighted by molar-refractivity contribution is 5.97. The molecule has 0 aliphatic rings. The molecule has 0 aliphatic heterocycles. The predicted molar refractivity (Wildman–Crippen MR) is 47.8 cm³/mol. The zero-order valence-electron chi connectivity index (χ0n) is 7.47. The highest BCUT2D eigenvalue weighted by atomic mass is 28.2. The SMILES string of the molecule is COCCOCCCCO[SiH3]. The monoisotopic (exact) mass is 178 g/mol. The van der Waals surface area contributed by atoms with Gasteiger partial charge in [0.25, 0.3) is 0 Å². The maximum atomic E-state index is 5.25. The smallest absolute Gasteiger partial charge is 0.145 e. The summed E-state index contributed by atoms with van der Waals surface area (Å²) >= 11 is 0. The van der Waals surface area contributed by atoms with Crippen LogP contribution in [0.3, 0.4) is 0 Å². The van der Waals surface area contributed by atoms with Crippen LogP contribution in [0.2, 0.25) is 0 Å². The van der Waals surface area contributed by atoms with E-state index in [2.05, 4.69) is 0 Å². The van der Waals surface area contributed by atoms with Crippen LogP contribution in [0.5, 0.6) is 0 Å². The molecular formula is C7H18O3Si. The third-order valence-electron chi connectivity index (χ3n) is 1.32. The van der Waals surface area contributed by atoms with Crippen molar-refractivity contribution in [1.29, 1.82) is 0 Å². The van der Waals surface area contributed by atoms with Crippen LogP contribution in [0.15, 0.2) is 0 Å². The van der Waals surface area contributed by atoms with Crippen molar-refractivity contribution >= 4 is 10.5 Å². The summed E-state index contributed by atoms with van der Waals surface area (Å²) in [6.07, 6.45) is 2.20. The van der Waals surface area contributed by atoms with Crippen molar-refractivity contribution in [2.24, 2.45) is 0 Å². The van der Waals surface area contributed by atoms with E-state index in [0.29, 0.717) is 13.2 Å². The van der Waals surface area contributed by atoms with E-state index in [1.54, 1.807) is 7.11 Å². The molecule has 0 saturated carbocycles. The molecule has 0 aromatic heterocycles. The normalized spacial score (nSPS) is 10.6. The van der Waals surface area contributed by atoms with Gasteiger partial charge in [-0.05, 0) is 12.8 Å². The quantitative estimate of drug-likeness (QED) is 0.378. The number of unbranched alkanes of at least 4 members (excludes halogenated alkanes) is 1. The Hall–Kier alpha value is 0.0969. The Morgan fingerprint density at radius 3 is 2.36 bits per heavy atom. The zero-order valence-corrected chi connectivity index (χ0v) is 9.47. The van der Waals surface area contributed by atoms with E-state index in [1.165, 1.54) is 0 Å². The second-order valence-electron chi connectivity index (χ2n) is 2.31. The Kier molecular flexibility index (Phi) is 10.2. The van der Waals surface area contributed by atoms with Crippen molar-refractivity contribution < 1.29 is 13.9 Å². The molecule has 0 amide bonds. The molecule has 0 atom stereocenters. The van der Waals surface area contributed by atoms with Crippen LogP contribution in [-0.2, 0) is 13.9 Å². The summed E-state index contributed by atoms with van der Waals surface area (Å²) < 4.78 is 15.1. The standard InChI is InChI=1S/C7H18O3Si/c1-8-6-7-9-4-2-3-5-10-11/h2-7H2,1,11H3. The lowest BCUT2D eigenvalue weighted by molar-refractivity contribution is 0.0675. The molecule has 3 nitrogen and oxygen atoms in total. The zero-order chi connectivity index (χ0) is 8.36. The molecule has 0 aromatic rings. The van der Waals surface area contributed by atoms with Gasteiger partial charge in [0.05, 0.1) is 13.2 Å². The average Bonchev–Trinajstić information content (AvgIpc) is 2.03. The predicted octanol–water partition coefficient (Wildman–Crippen LogP) is -0.273. The van der Waals surface area contributed by atoms with E-state index >= 15 is 0 Å². The molecule has 0 bridgehead atoms. The summed E-state index contributed by atoms with van der Waals surface area (Å²) in [4.78, 5) is 0. The van der Waals surface area contributed by atoms with Crippen LogP contribution in [-0.4, -0.2) is 44.0 Å². The summed E-state index contributed by atoms with van der Waals surface area (Å²) in [7, 11) is 2.53. The van der Waals surface area contributed by atoms with Crippen molar-refractivity contribution in [2.75, 3.05) is 33.5 Å². The second-order valence-corrected chi connectivity index (χ2v) is 2.88. The molecule has 0 radical (unpaired) electrons. The van der Waals surface area contributed by atoms with Gasteiger partial charge >= 0.3 is 0 Å². The van der Waals surface area contributed by atoms with Crippen LogP contribution < -0.4 is 0 Å². The van der Waals surface area contributed by atoms with Gasteiger partial charge in [-0.2, -0.15) is 0 Å². The van der Waals surface area contributed by atoms with Crippen molar-refractivity contribution in [3.05, 3.63) is 0 Å². The summed E-state index contributed by atoms with van der Waals surface area (Å²) in [5, 5.41) is 0. The minimum atomic E-state index is 0.692. The molecule has 4 heteroatoms. The summed E-state index contributed by atoms with van der Waals surface area (Å²) in [5.41, 5.74) is 0. The summed E-state index contributed by atoms with van der Waals surface area (Å²) in [6, 6.07) is 0. The Morgan fingerprint density at radius 1 is 1.00 bits per heavy atom. The van der Waals surface area contributed by atoms with Crippen molar-refractivity contribution in [3.63, 3.8) is 0 Å². The molecule has 0 saturated heterocycles. The third kappa shape index (κ3) is 10.1. The van der Waals surface area contributed by atoms with Gasteiger partial charge in [-0.3, -0.25) is 0 Å². The van der Waals surface area contributed by atoms with Crippen LogP contribution in [0.25, 0.3) is 0 Å². The lowest BCUT2D eigenvalue weighted by atomic mass is 10.3. The van der Waals surface area contributed by atoms with Crippen molar-refractivity contribution in [3.8, 4) is 0 Å². The fourth-order valence-electron chi connectivity index (χ4n) is 0.695. The van der Waals surface area contributed by atoms with Crippen LogP contribution in [0.1, 0.15) is 12.8 Å². The Bertz CT molecular complexity index is 62.7. The van der Waals surface area contributed by atoms with E-state index in [-0.39, 0.29) is 0 Å². The molecule has 0 fully saturated rings. The largest absolute Gasteiger partial charge is 0.428 e. The van der Waals surface area contributed by atoms with Crippen LogP contribution in [0, 0.1) is 0 Å². The number of methoxy groups -OCH3 is 1. The Labute approximate surface area is 71.6 Å². The minimum absolute atomic E-state index is 0.692. The van der Waals surface area contributed by atoms with E-state index in [9.17, 15) is 0 Å². The van der Waals surface area contributed by atoms with Gasteiger partial charge in [0.1, 0.15) is 10.5 Å². The first-order chi connectivity index (χ1) is 5.41. The van der Waals surface area contributed by atoms with Gasteiger partial charge in [-0.1, -0.05) is 0 Å². The number of rotatable bonds is 8. The van der Waals surface area contributed by atoms with Crippen LogP contribution in [0.4, 0.5) is 0 Å². The van der Waals surface area contributed by atoms with Gasteiger partial charge in [0.15, 0.2) is 0 Å². The van der Waals surface area contributed by atoms with E-state index in [4.69, 9.17) is 13.9 Å². The first-order valence-electron chi connectivity index (χ1n) is 3.97. The van der Waals surface area contributed by atoms with Crippen LogP contribution >= 0.6 is 0 Å². The maximum absolute atomic E-state index is 5.25. The average molecular weight is 178 g/mol. The van der Waals surface area contributed by atoms with E-state index in [0.717, 1.165) is 36.5 Å². The fourth-order valence-corrected chi connectivity index (χ4v) is 0.984. The summed E-state index contributed by atoms with van der Waals surface area (Å²) in [6.45, 7) is 3.11. The molecule has 0 N–H and O–H groups in total. The maximum Gasteiger partial charge on any atom is 0.145 e. The van der Waals surface area contributed by atoms with Crippen molar-refractivity contribution in [1.82, 2.24) is 0 Å².